The van der Waals surface area contributed by atoms with Gasteiger partial charge in [-0.05, 0) is 57.0 Å². The van der Waals surface area contributed by atoms with E-state index in [2.05, 4.69) is 9.55 Å². The molecule has 0 aromatic carbocycles. The summed E-state index contributed by atoms with van der Waals surface area (Å²) in [5.41, 5.74) is 2.58. The molecule has 1 aliphatic rings. The van der Waals surface area contributed by atoms with Gasteiger partial charge < -0.3 is 8.98 Å². The largest absolute Gasteiger partial charge is 0.467 e. The molecular weight excluding hydrogens is 434 g/mol. The van der Waals surface area contributed by atoms with Gasteiger partial charge >= 0.3 is 0 Å². The molecule has 31 heavy (non-hydrogen) atoms. The molecular formula is C22H25N3O4S2. The topological polar surface area (TPSA) is 85.4 Å². The minimum Gasteiger partial charge on any atom is -0.467 e. The highest BCUT2D eigenvalue weighted by Crippen LogP contribution is 2.24. The first-order chi connectivity index (χ1) is 14.9. The predicted octanol–water partition coefficient (Wildman–Crippen LogP) is 3.90. The van der Waals surface area contributed by atoms with Gasteiger partial charge in [-0.25, -0.2) is 13.4 Å². The van der Waals surface area contributed by atoms with Crippen LogP contribution in [0.5, 0.6) is 0 Å². The third kappa shape index (κ3) is 4.63. The van der Waals surface area contributed by atoms with Crippen LogP contribution in [0.4, 0.5) is 0 Å². The fourth-order valence-corrected chi connectivity index (χ4v) is 5.97. The molecule has 0 radical (unpaired) electrons. The summed E-state index contributed by atoms with van der Waals surface area (Å²) in [6.07, 6.45) is 4.81. The van der Waals surface area contributed by atoms with Crippen LogP contribution >= 0.6 is 11.8 Å². The van der Waals surface area contributed by atoms with Crippen molar-refractivity contribution in [1.82, 2.24) is 13.9 Å². The number of hydrogen-bond acceptors (Lipinski definition) is 6. The lowest BCUT2D eigenvalue weighted by Gasteiger charge is -2.15. The van der Waals surface area contributed by atoms with E-state index in [9.17, 15) is 13.2 Å². The lowest BCUT2D eigenvalue weighted by Crippen LogP contribution is -2.27. The second-order valence-electron chi connectivity index (χ2n) is 7.61. The Morgan fingerprint density at radius 3 is 2.61 bits per heavy atom. The molecule has 0 unspecified atom stereocenters. The van der Waals surface area contributed by atoms with E-state index in [-0.39, 0.29) is 16.4 Å². The fraction of sp³-hybridized carbons (Fsp3) is 0.364. The van der Waals surface area contributed by atoms with E-state index in [0.717, 1.165) is 30.0 Å². The van der Waals surface area contributed by atoms with Gasteiger partial charge in [-0.3, -0.25) is 4.79 Å². The lowest BCUT2D eigenvalue weighted by atomic mass is 10.2. The van der Waals surface area contributed by atoms with Gasteiger partial charge in [-0.15, -0.1) is 0 Å². The van der Waals surface area contributed by atoms with E-state index < -0.39 is 10.0 Å². The molecule has 3 aromatic heterocycles. The summed E-state index contributed by atoms with van der Waals surface area (Å²) in [4.78, 5) is 17.3. The van der Waals surface area contributed by atoms with Crippen molar-refractivity contribution in [3.8, 4) is 0 Å². The Morgan fingerprint density at radius 1 is 1.19 bits per heavy atom. The molecule has 0 saturated carbocycles. The Balaban J connectivity index is 1.41. The summed E-state index contributed by atoms with van der Waals surface area (Å²) in [6, 6.07) is 8.90. The van der Waals surface area contributed by atoms with Gasteiger partial charge in [-0.2, -0.15) is 4.31 Å². The number of carbonyl (C=O) groups is 1. The number of rotatable bonds is 8. The molecule has 0 bridgehead atoms. The standard InChI is InChI=1S/C22H25N3O4S2/c1-16-12-20(17(2)25(16)14-18-6-5-11-29-18)21(26)15-30-22-8-7-19(13-23-22)31(27,28)24-9-3-4-10-24/h5-8,11-13H,3-4,9-10,14-15H2,1-2H3. The van der Waals surface area contributed by atoms with E-state index in [1.807, 2.05) is 32.0 Å². The third-order valence-corrected chi connectivity index (χ3v) is 8.36. The zero-order chi connectivity index (χ0) is 22.0. The monoisotopic (exact) mass is 459 g/mol. The smallest absolute Gasteiger partial charge is 0.244 e. The number of carbonyl (C=O) groups excluding carboxylic acids is 1. The predicted molar refractivity (Wildman–Crippen MR) is 119 cm³/mol. The molecule has 7 nitrogen and oxygen atoms in total. The number of hydrogen-bond donors (Lipinski definition) is 0. The maximum absolute atomic E-state index is 12.8. The van der Waals surface area contributed by atoms with E-state index in [1.165, 1.54) is 22.3 Å². The van der Waals surface area contributed by atoms with Crippen LogP contribution in [0.1, 0.15) is 40.3 Å². The normalized spacial score (nSPS) is 14.9. The van der Waals surface area contributed by atoms with E-state index in [0.29, 0.717) is 30.2 Å². The molecule has 4 heterocycles. The van der Waals surface area contributed by atoms with Crippen molar-refractivity contribution < 1.29 is 17.6 Å². The quantitative estimate of drug-likeness (QED) is 0.375. The Bertz CT molecular complexity index is 1160. The SMILES string of the molecule is Cc1cc(C(=O)CSc2ccc(S(=O)(=O)N3CCCC3)cn2)c(C)n1Cc1ccco1. The molecule has 0 atom stereocenters. The first-order valence-electron chi connectivity index (χ1n) is 10.2. The molecule has 9 heteroatoms. The van der Waals surface area contributed by atoms with Crippen LogP contribution < -0.4 is 0 Å². The van der Waals surface area contributed by atoms with Crippen molar-refractivity contribution in [2.45, 2.75) is 43.2 Å². The second-order valence-corrected chi connectivity index (χ2v) is 10.5. The van der Waals surface area contributed by atoms with Crippen molar-refractivity contribution in [3.05, 3.63) is 65.5 Å². The van der Waals surface area contributed by atoms with E-state index in [1.54, 1.807) is 18.4 Å². The van der Waals surface area contributed by atoms with E-state index in [4.69, 9.17) is 4.42 Å². The van der Waals surface area contributed by atoms with Crippen LogP contribution in [0, 0.1) is 13.8 Å². The van der Waals surface area contributed by atoms with Gasteiger partial charge in [0, 0.05) is 36.2 Å². The van der Waals surface area contributed by atoms with Gasteiger partial charge in [-0.1, -0.05) is 11.8 Å². The molecule has 1 saturated heterocycles. The number of pyridine rings is 1. The molecule has 3 aromatic rings. The Labute approximate surface area is 186 Å². The summed E-state index contributed by atoms with van der Waals surface area (Å²) in [6.45, 7) is 5.61. The van der Waals surface area contributed by atoms with Gasteiger partial charge in [0.15, 0.2) is 5.78 Å². The number of nitrogens with zero attached hydrogens (tertiary/aromatic N) is 3. The van der Waals surface area contributed by atoms with Crippen molar-refractivity contribution in [2.75, 3.05) is 18.8 Å². The minimum absolute atomic E-state index is 0.0133. The summed E-state index contributed by atoms with van der Waals surface area (Å²) < 4.78 is 34.2. The van der Waals surface area contributed by atoms with Gasteiger partial charge in [0.05, 0.1) is 23.6 Å². The third-order valence-electron chi connectivity index (χ3n) is 5.53. The Kier molecular flexibility index (Phi) is 6.36. The van der Waals surface area contributed by atoms with Crippen molar-refractivity contribution in [1.29, 1.82) is 0 Å². The average molecular weight is 460 g/mol. The highest BCUT2D eigenvalue weighted by molar-refractivity contribution is 7.99. The van der Waals surface area contributed by atoms with Crippen LogP contribution in [0.2, 0.25) is 0 Å². The van der Waals surface area contributed by atoms with Crippen LogP contribution in [0.15, 0.2) is 57.1 Å². The van der Waals surface area contributed by atoms with Crippen LogP contribution in [-0.2, 0) is 16.6 Å². The summed E-state index contributed by atoms with van der Waals surface area (Å²) in [5.74, 6) is 1.08. The van der Waals surface area contributed by atoms with Crippen molar-refractivity contribution >= 4 is 27.6 Å². The minimum atomic E-state index is -3.47. The van der Waals surface area contributed by atoms with Crippen molar-refractivity contribution in [3.63, 3.8) is 0 Å². The Morgan fingerprint density at radius 2 is 1.97 bits per heavy atom. The lowest BCUT2D eigenvalue weighted by molar-refractivity contribution is 0.102. The van der Waals surface area contributed by atoms with Crippen LogP contribution in [0.25, 0.3) is 0 Å². The van der Waals surface area contributed by atoms with Gasteiger partial charge in [0.2, 0.25) is 10.0 Å². The molecule has 1 fully saturated rings. The molecule has 0 N–H and O–H groups in total. The molecule has 4 rings (SSSR count). The number of furan rings is 1. The first-order valence-corrected chi connectivity index (χ1v) is 12.6. The first kappa shape index (κ1) is 21.9. The maximum atomic E-state index is 12.8. The fourth-order valence-electron chi connectivity index (χ4n) is 3.78. The summed E-state index contributed by atoms with van der Waals surface area (Å²) in [7, 11) is -3.47. The number of aromatic nitrogens is 2. The number of ketones is 1. The Hall–Kier alpha value is -2.36. The number of Topliss-reactive ketones (excluding diaryl/α,β-unsaturated/α-hetero) is 1. The number of aryl methyl sites for hydroxylation is 1. The summed E-state index contributed by atoms with van der Waals surface area (Å²) in [5, 5.41) is 0.623. The average Bonchev–Trinajstić information content (AvgIpc) is 3.52. The van der Waals surface area contributed by atoms with Crippen LogP contribution in [0.3, 0.4) is 0 Å². The van der Waals surface area contributed by atoms with Crippen molar-refractivity contribution in [2.24, 2.45) is 0 Å². The highest BCUT2D eigenvalue weighted by atomic mass is 32.2. The molecule has 0 aliphatic carbocycles. The number of sulfonamides is 1. The zero-order valence-electron chi connectivity index (χ0n) is 17.6. The van der Waals surface area contributed by atoms with Gasteiger partial charge in [0.1, 0.15) is 10.7 Å². The van der Waals surface area contributed by atoms with Gasteiger partial charge in [0.25, 0.3) is 0 Å². The van der Waals surface area contributed by atoms with E-state index >= 15 is 0 Å². The molecule has 1 aliphatic heterocycles. The zero-order valence-corrected chi connectivity index (χ0v) is 19.2. The molecule has 0 spiro atoms. The summed E-state index contributed by atoms with van der Waals surface area (Å²) >= 11 is 1.31. The highest BCUT2D eigenvalue weighted by Gasteiger charge is 2.27. The van der Waals surface area contributed by atoms with Crippen LogP contribution in [-0.4, -0.2) is 46.9 Å². The maximum Gasteiger partial charge on any atom is 0.244 e. The second kappa shape index (κ2) is 9.02. The molecule has 164 valence electrons. The molecule has 0 amide bonds. The number of thioether (sulfide) groups is 1.